The van der Waals surface area contributed by atoms with E-state index in [-0.39, 0.29) is 5.82 Å². The van der Waals surface area contributed by atoms with Gasteiger partial charge in [-0.15, -0.1) is 0 Å². The highest BCUT2D eigenvalue weighted by molar-refractivity contribution is 6.25. The fraction of sp³-hybridized carbons (Fsp3) is 0.429. The molecule has 0 spiro atoms. The van der Waals surface area contributed by atoms with Crippen LogP contribution in [-0.2, 0) is 6.54 Å². The number of hydrogen-bond acceptors (Lipinski definition) is 2. The summed E-state index contributed by atoms with van der Waals surface area (Å²) in [5, 5.41) is 3.23. The van der Waals surface area contributed by atoms with Crippen molar-refractivity contribution in [2.24, 2.45) is 0 Å². The molecule has 0 amide bonds. The van der Waals surface area contributed by atoms with Gasteiger partial charge in [-0.1, -0.05) is 18.5 Å². The maximum atomic E-state index is 13.2. The summed E-state index contributed by atoms with van der Waals surface area (Å²) in [4.78, 5) is 0. The Bertz CT molecular complexity index is 407. The lowest BCUT2D eigenvalue weighted by molar-refractivity contribution is 0.346. The van der Waals surface area contributed by atoms with E-state index in [0.29, 0.717) is 18.9 Å². The first kappa shape index (κ1) is 15.0. The van der Waals surface area contributed by atoms with Gasteiger partial charge in [-0.3, -0.25) is 0 Å². The zero-order valence-corrected chi connectivity index (χ0v) is 11.6. The molecule has 0 radical (unpaired) electrons. The standard InChI is InChI=1S/C14H19ClFNO/c1-3-6-17-9-12-7-13(16)4-5-14(12)18-10-11(2)8-15/h4-5,7-8,17H,3,6,9-10H2,1-2H3/b11-8+. The SMILES string of the molecule is CCCNCc1cc(F)ccc1OC/C(C)=C/Cl. The van der Waals surface area contributed by atoms with Gasteiger partial charge in [-0.2, -0.15) is 0 Å². The first-order valence-corrected chi connectivity index (χ1v) is 6.48. The molecule has 4 heteroatoms. The molecule has 1 aromatic rings. The second kappa shape index (κ2) is 8.11. The lowest BCUT2D eigenvalue weighted by Gasteiger charge is -2.12. The molecule has 1 aromatic carbocycles. The smallest absolute Gasteiger partial charge is 0.124 e. The largest absolute Gasteiger partial charge is 0.489 e. The minimum Gasteiger partial charge on any atom is -0.489 e. The maximum absolute atomic E-state index is 13.2. The predicted molar refractivity (Wildman–Crippen MR) is 73.5 cm³/mol. The monoisotopic (exact) mass is 271 g/mol. The molecule has 0 saturated heterocycles. The first-order chi connectivity index (χ1) is 8.67. The second-order valence-corrected chi connectivity index (χ2v) is 4.39. The third-order valence-electron chi connectivity index (χ3n) is 2.41. The average Bonchev–Trinajstić information content (AvgIpc) is 2.37. The van der Waals surface area contributed by atoms with Crippen molar-refractivity contribution in [3.05, 3.63) is 40.7 Å². The van der Waals surface area contributed by atoms with E-state index in [1.54, 1.807) is 6.07 Å². The van der Waals surface area contributed by atoms with Gasteiger partial charge in [-0.05, 0) is 43.7 Å². The Hall–Kier alpha value is -1.06. The Morgan fingerprint density at radius 1 is 1.50 bits per heavy atom. The molecule has 100 valence electrons. The van der Waals surface area contributed by atoms with Crippen LogP contribution in [0.15, 0.2) is 29.3 Å². The quantitative estimate of drug-likeness (QED) is 0.761. The van der Waals surface area contributed by atoms with Gasteiger partial charge in [0, 0.05) is 17.6 Å². The Morgan fingerprint density at radius 3 is 2.94 bits per heavy atom. The molecule has 0 aliphatic heterocycles. The van der Waals surface area contributed by atoms with Gasteiger partial charge in [0.1, 0.15) is 18.2 Å². The summed E-state index contributed by atoms with van der Waals surface area (Å²) in [5.41, 5.74) is 3.23. The van der Waals surface area contributed by atoms with Crippen LogP contribution in [0.3, 0.4) is 0 Å². The maximum Gasteiger partial charge on any atom is 0.124 e. The Labute approximate surface area is 113 Å². The number of hydrogen-bond donors (Lipinski definition) is 1. The van der Waals surface area contributed by atoms with E-state index in [1.807, 2.05) is 6.92 Å². The summed E-state index contributed by atoms with van der Waals surface area (Å²) < 4.78 is 18.8. The molecule has 18 heavy (non-hydrogen) atoms. The molecular formula is C14H19ClFNO. The molecule has 1 rings (SSSR count). The number of benzene rings is 1. The van der Waals surface area contributed by atoms with Crippen molar-refractivity contribution in [3.8, 4) is 5.75 Å². The van der Waals surface area contributed by atoms with Gasteiger partial charge in [0.05, 0.1) is 0 Å². The molecule has 1 N–H and O–H groups in total. The van der Waals surface area contributed by atoms with Gasteiger partial charge in [-0.25, -0.2) is 4.39 Å². The van der Waals surface area contributed by atoms with Gasteiger partial charge in [0.2, 0.25) is 0 Å². The summed E-state index contributed by atoms with van der Waals surface area (Å²) in [6.45, 7) is 5.88. The van der Waals surface area contributed by atoms with Crippen molar-refractivity contribution in [2.45, 2.75) is 26.8 Å². The van der Waals surface area contributed by atoms with Crippen LogP contribution in [0, 0.1) is 5.82 Å². The molecule has 0 aliphatic carbocycles. The number of halogens is 2. The van der Waals surface area contributed by atoms with E-state index in [4.69, 9.17) is 16.3 Å². The van der Waals surface area contributed by atoms with Crippen LogP contribution in [-0.4, -0.2) is 13.2 Å². The van der Waals surface area contributed by atoms with Crippen molar-refractivity contribution in [1.29, 1.82) is 0 Å². The normalized spacial score (nSPS) is 11.7. The van der Waals surface area contributed by atoms with Gasteiger partial charge in [0.15, 0.2) is 0 Å². The highest BCUT2D eigenvalue weighted by Gasteiger charge is 2.05. The summed E-state index contributed by atoms with van der Waals surface area (Å²) >= 11 is 5.57. The molecule has 0 aromatic heterocycles. The zero-order valence-electron chi connectivity index (χ0n) is 10.8. The topological polar surface area (TPSA) is 21.3 Å². The molecule has 2 nitrogen and oxygen atoms in total. The predicted octanol–water partition coefficient (Wildman–Crippen LogP) is 3.85. The Balaban J connectivity index is 2.69. The van der Waals surface area contributed by atoms with Gasteiger partial charge < -0.3 is 10.1 Å². The van der Waals surface area contributed by atoms with E-state index in [9.17, 15) is 4.39 Å². The molecule has 0 unspecified atom stereocenters. The first-order valence-electron chi connectivity index (χ1n) is 6.05. The van der Waals surface area contributed by atoms with Crippen LogP contribution in [0.1, 0.15) is 25.8 Å². The average molecular weight is 272 g/mol. The van der Waals surface area contributed by atoms with E-state index >= 15 is 0 Å². The van der Waals surface area contributed by atoms with Crippen LogP contribution in [0.25, 0.3) is 0 Å². The molecule has 0 fully saturated rings. The molecule has 0 bridgehead atoms. The third-order valence-corrected chi connectivity index (χ3v) is 2.78. The van der Waals surface area contributed by atoms with Crippen LogP contribution in [0.2, 0.25) is 0 Å². The third kappa shape index (κ3) is 5.07. The number of nitrogens with one attached hydrogen (secondary N) is 1. The second-order valence-electron chi connectivity index (χ2n) is 4.17. The van der Waals surface area contributed by atoms with Crippen molar-refractivity contribution in [1.82, 2.24) is 5.32 Å². The van der Waals surface area contributed by atoms with Crippen molar-refractivity contribution in [2.75, 3.05) is 13.2 Å². The van der Waals surface area contributed by atoms with Crippen molar-refractivity contribution >= 4 is 11.6 Å². The van der Waals surface area contributed by atoms with E-state index in [1.165, 1.54) is 17.7 Å². The number of rotatable bonds is 7. The lowest BCUT2D eigenvalue weighted by atomic mass is 10.2. The van der Waals surface area contributed by atoms with Crippen LogP contribution < -0.4 is 10.1 Å². The van der Waals surface area contributed by atoms with Gasteiger partial charge in [0.25, 0.3) is 0 Å². The van der Waals surface area contributed by atoms with Gasteiger partial charge >= 0.3 is 0 Å². The van der Waals surface area contributed by atoms with E-state index in [2.05, 4.69) is 12.2 Å². The highest BCUT2D eigenvalue weighted by Crippen LogP contribution is 2.20. The van der Waals surface area contributed by atoms with Crippen molar-refractivity contribution < 1.29 is 9.13 Å². The molecule has 0 saturated carbocycles. The molecular weight excluding hydrogens is 253 g/mol. The van der Waals surface area contributed by atoms with Crippen LogP contribution in [0.4, 0.5) is 4.39 Å². The lowest BCUT2D eigenvalue weighted by Crippen LogP contribution is -2.15. The summed E-state index contributed by atoms with van der Waals surface area (Å²) in [5.74, 6) is 0.443. The van der Waals surface area contributed by atoms with E-state index < -0.39 is 0 Å². The summed E-state index contributed by atoms with van der Waals surface area (Å²) in [6.07, 6.45) is 1.04. The van der Waals surface area contributed by atoms with Crippen LogP contribution >= 0.6 is 11.6 Å². The fourth-order valence-electron chi connectivity index (χ4n) is 1.45. The Morgan fingerprint density at radius 2 is 2.28 bits per heavy atom. The van der Waals surface area contributed by atoms with Crippen LogP contribution in [0.5, 0.6) is 5.75 Å². The van der Waals surface area contributed by atoms with E-state index in [0.717, 1.165) is 24.1 Å². The number of ether oxygens (including phenoxy) is 1. The van der Waals surface area contributed by atoms with Crippen molar-refractivity contribution in [3.63, 3.8) is 0 Å². The molecule has 0 heterocycles. The minimum atomic E-state index is -0.250. The summed E-state index contributed by atoms with van der Waals surface area (Å²) in [7, 11) is 0. The molecule has 0 atom stereocenters. The zero-order chi connectivity index (χ0) is 13.4. The minimum absolute atomic E-state index is 0.250. The highest BCUT2D eigenvalue weighted by atomic mass is 35.5. The molecule has 0 aliphatic rings. The Kier molecular flexibility index (Phi) is 6.76. The summed E-state index contributed by atoms with van der Waals surface area (Å²) in [6, 6.07) is 4.55. The fourth-order valence-corrected chi connectivity index (χ4v) is 1.51.